The Morgan fingerprint density at radius 3 is 2.31 bits per heavy atom. The molecule has 0 spiro atoms. The number of urea groups is 1. The van der Waals surface area contributed by atoms with Crippen LogP contribution >= 0.6 is 0 Å². The van der Waals surface area contributed by atoms with Gasteiger partial charge in [-0.2, -0.15) is 0 Å². The Labute approximate surface area is 74.6 Å². The standard InChI is InChI=1S/C7H10N2O4/c1-2-3-9(7(8)13)5(10)4-6(11)12/h2H,1,3-4H2,(H2,8,13)(H,11,12). The average molecular weight is 186 g/mol. The van der Waals surface area contributed by atoms with Gasteiger partial charge in [0.2, 0.25) is 5.91 Å². The van der Waals surface area contributed by atoms with Gasteiger partial charge in [-0.05, 0) is 0 Å². The van der Waals surface area contributed by atoms with Gasteiger partial charge in [0, 0.05) is 6.54 Å². The van der Waals surface area contributed by atoms with Gasteiger partial charge < -0.3 is 10.8 Å². The number of carboxylic acid groups (broad SMARTS) is 1. The summed E-state index contributed by atoms with van der Waals surface area (Å²) >= 11 is 0. The van der Waals surface area contributed by atoms with Crippen LogP contribution in [0.2, 0.25) is 0 Å². The van der Waals surface area contributed by atoms with Crippen LogP contribution in [0.25, 0.3) is 0 Å². The third-order valence-electron chi connectivity index (χ3n) is 1.18. The lowest BCUT2D eigenvalue weighted by molar-refractivity contribution is -0.142. The van der Waals surface area contributed by atoms with Gasteiger partial charge in [0.05, 0.1) is 0 Å². The molecule has 0 aliphatic rings. The highest BCUT2D eigenvalue weighted by Crippen LogP contribution is 1.94. The Morgan fingerprint density at radius 2 is 2.00 bits per heavy atom. The number of carboxylic acids is 1. The van der Waals surface area contributed by atoms with Crippen LogP contribution in [0.3, 0.4) is 0 Å². The van der Waals surface area contributed by atoms with E-state index in [4.69, 9.17) is 10.8 Å². The van der Waals surface area contributed by atoms with Gasteiger partial charge in [-0.1, -0.05) is 6.08 Å². The second kappa shape index (κ2) is 4.91. The molecular weight excluding hydrogens is 176 g/mol. The number of aliphatic carboxylic acids is 1. The van der Waals surface area contributed by atoms with Crippen molar-refractivity contribution in [1.29, 1.82) is 0 Å². The van der Waals surface area contributed by atoms with E-state index in [-0.39, 0.29) is 6.54 Å². The van der Waals surface area contributed by atoms with Crippen molar-refractivity contribution in [2.45, 2.75) is 6.42 Å². The number of hydrogen-bond acceptors (Lipinski definition) is 3. The fourth-order valence-electron chi connectivity index (χ4n) is 0.669. The number of hydrogen-bond donors (Lipinski definition) is 2. The first kappa shape index (κ1) is 11.2. The molecule has 0 saturated carbocycles. The topological polar surface area (TPSA) is 101 Å². The maximum Gasteiger partial charge on any atom is 0.321 e. The summed E-state index contributed by atoms with van der Waals surface area (Å²) < 4.78 is 0. The van der Waals surface area contributed by atoms with Crippen molar-refractivity contribution in [3.05, 3.63) is 12.7 Å². The highest BCUT2D eigenvalue weighted by Gasteiger charge is 2.19. The first-order chi connectivity index (χ1) is 5.99. The van der Waals surface area contributed by atoms with Gasteiger partial charge in [-0.3, -0.25) is 14.5 Å². The van der Waals surface area contributed by atoms with Gasteiger partial charge in [-0.25, -0.2) is 4.79 Å². The third-order valence-corrected chi connectivity index (χ3v) is 1.18. The predicted octanol–water partition coefficient (Wildman–Crippen LogP) is -0.446. The van der Waals surface area contributed by atoms with Crippen LogP contribution in [0.15, 0.2) is 12.7 Å². The summed E-state index contributed by atoms with van der Waals surface area (Å²) in [5.74, 6) is -2.15. The Kier molecular flexibility index (Phi) is 4.21. The summed E-state index contributed by atoms with van der Waals surface area (Å²) in [6.45, 7) is 3.21. The monoisotopic (exact) mass is 186 g/mol. The predicted molar refractivity (Wildman–Crippen MR) is 43.7 cm³/mol. The number of carbonyl (C=O) groups excluding carboxylic acids is 2. The molecule has 0 fully saturated rings. The smallest absolute Gasteiger partial charge is 0.321 e. The molecule has 72 valence electrons. The van der Waals surface area contributed by atoms with Crippen LogP contribution in [0.5, 0.6) is 0 Å². The average Bonchev–Trinajstić information content (AvgIpc) is 1.97. The summed E-state index contributed by atoms with van der Waals surface area (Å²) in [6.07, 6.45) is 0.529. The molecular formula is C7H10N2O4. The van der Waals surface area contributed by atoms with Crippen LogP contribution in [-0.2, 0) is 9.59 Å². The van der Waals surface area contributed by atoms with Gasteiger partial charge in [0.15, 0.2) is 0 Å². The molecule has 0 aliphatic heterocycles. The zero-order valence-corrected chi connectivity index (χ0v) is 6.90. The lowest BCUT2D eigenvalue weighted by Gasteiger charge is -2.14. The third kappa shape index (κ3) is 3.90. The van der Waals surface area contributed by atoms with E-state index in [1.807, 2.05) is 0 Å². The summed E-state index contributed by atoms with van der Waals surface area (Å²) in [7, 11) is 0. The van der Waals surface area contributed by atoms with Crippen LogP contribution in [0.4, 0.5) is 4.79 Å². The van der Waals surface area contributed by atoms with Crippen molar-refractivity contribution in [3.63, 3.8) is 0 Å². The fourth-order valence-corrected chi connectivity index (χ4v) is 0.669. The molecule has 0 aromatic carbocycles. The van der Waals surface area contributed by atoms with Crippen LogP contribution in [0.1, 0.15) is 6.42 Å². The minimum Gasteiger partial charge on any atom is -0.481 e. The van der Waals surface area contributed by atoms with E-state index in [1.165, 1.54) is 6.08 Å². The molecule has 0 aromatic rings. The summed E-state index contributed by atoms with van der Waals surface area (Å²) in [5, 5.41) is 8.26. The molecule has 0 aromatic heterocycles. The number of carbonyl (C=O) groups is 3. The van der Waals surface area contributed by atoms with Crippen LogP contribution in [0, 0.1) is 0 Å². The maximum absolute atomic E-state index is 11.0. The second-order valence-corrected chi connectivity index (χ2v) is 2.20. The van der Waals surface area contributed by atoms with E-state index in [9.17, 15) is 14.4 Å². The number of imide groups is 1. The number of amides is 3. The minimum atomic E-state index is -1.31. The largest absolute Gasteiger partial charge is 0.481 e. The highest BCUT2D eigenvalue weighted by molar-refractivity contribution is 6.01. The van der Waals surface area contributed by atoms with E-state index in [0.717, 1.165) is 0 Å². The molecule has 3 amide bonds. The molecule has 0 saturated heterocycles. The molecule has 6 nitrogen and oxygen atoms in total. The van der Waals surface area contributed by atoms with Gasteiger partial charge in [0.1, 0.15) is 6.42 Å². The van der Waals surface area contributed by atoms with Crippen molar-refractivity contribution in [2.75, 3.05) is 6.54 Å². The summed E-state index contributed by atoms with van der Waals surface area (Å²) in [4.78, 5) is 32.3. The van der Waals surface area contributed by atoms with Crippen molar-refractivity contribution in [3.8, 4) is 0 Å². The second-order valence-electron chi connectivity index (χ2n) is 2.20. The minimum absolute atomic E-state index is 0.0819. The zero-order chi connectivity index (χ0) is 10.4. The van der Waals surface area contributed by atoms with Gasteiger partial charge >= 0.3 is 12.0 Å². The van der Waals surface area contributed by atoms with E-state index in [2.05, 4.69) is 6.58 Å². The number of nitrogens with two attached hydrogens (primary N) is 1. The van der Waals surface area contributed by atoms with Crippen molar-refractivity contribution >= 4 is 17.9 Å². The van der Waals surface area contributed by atoms with Crippen molar-refractivity contribution < 1.29 is 19.5 Å². The number of primary amides is 1. The molecule has 6 heteroatoms. The first-order valence-corrected chi connectivity index (χ1v) is 3.41. The van der Waals surface area contributed by atoms with Gasteiger partial charge in [0.25, 0.3) is 0 Å². The maximum atomic E-state index is 11.0. The SMILES string of the molecule is C=CCN(C(N)=O)C(=O)CC(=O)O. The Morgan fingerprint density at radius 1 is 1.46 bits per heavy atom. The highest BCUT2D eigenvalue weighted by atomic mass is 16.4. The summed E-state index contributed by atoms with van der Waals surface area (Å²) in [5.41, 5.74) is 4.82. The van der Waals surface area contributed by atoms with E-state index in [1.54, 1.807) is 0 Å². The van der Waals surface area contributed by atoms with E-state index in [0.29, 0.717) is 4.90 Å². The lowest BCUT2D eigenvalue weighted by Crippen LogP contribution is -2.41. The molecule has 0 heterocycles. The molecule has 3 N–H and O–H groups in total. The zero-order valence-electron chi connectivity index (χ0n) is 6.90. The molecule has 0 atom stereocenters. The number of rotatable bonds is 4. The quantitative estimate of drug-likeness (QED) is 0.458. The first-order valence-electron chi connectivity index (χ1n) is 3.41. The van der Waals surface area contributed by atoms with Gasteiger partial charge in [-0.15, -0.1) is 6.58 Å². The molecule has 13 heavy (non-hydrogen) atoms. The fraction of sp³-hybridized carbons (Fsp3) is 0.286. The molecule has 0 aliphatic carbocycles. The molecule has 0 unspecified atom stereocenters. The van der Waals surface area contributed by atoms with Crippen LogP contribution in [-0.4, -0.2) is 34.5 Å². The number of nitrogens with zero attached hydrogens (tertiary/aromatic N) is 1. The molecule has 0 bridgehead atoms. The Balaban J connectivity index is 4.36. The lowest BCUT2D eigenvalue weighted by atomic mass is 10.3. The molecule has 0 rings (SSSR count). The Hall–Kier alpha value is -1.85. The summed E-state index contributed by atoms with van der Waals surface area (Å²) in [6, 6.07) is -0.980. The Bertz CT molecular complexity index is 249. The van der Waals surface area contributed by atoms with E-state index < -0.39 is 24.3 Å². The van der Waals surface area contributed by atoms with Crippen molar-refractivity contribution in [2.24, 2.45) is 5.73 Å². The normalized spacial score (nSPS) is 8.92. The van der Waals surface area contributed by atoms with Crippen LogP contribution < -0.4 is 5.73 Å². The van der Waals surface area contributed by atoms with Crippen molar-refractivity contribution in [1.82, 2.24) is 4.90 Å². The van der Waals surface area contributed by atoms with E-state index >= 15 is 0 Å². The molecule has 0 radical (unpaired) electrons.